The lowest BCUT2D eigenvalue weighted by molar-refractivity contribution is 0.0981. The highest BCUT2D eigenvalue weighted by atomic mass is 79.9. The maximum absolute atomic E-state index is 12.7. The lowest BCUT2D eigenvalue weighted by Crippen LogP contribution is -1.99. The highest BCUT2D eigenvalue weighted by Gasteiger charge is 2.05. The molecular formula is C10H10BrFO. The van der Waals surface area contributed by atoms with Crippen LogP contribution in [0.15, 0.2) is 24.3 Å². The predicted octanol–water partition coefficient (Wildman–Crippen LogP) is 3.18. The molecule has 0 spiro atoms. The summed E-state index contributed by atoms with van der Waals surface area (Å²) in [5, 5.41) is 0.800. The summed E-state index contributed by atoms with van der Waals surface area (Å²) < 4.78 is 12.7. The Bertz CT molecular complexity index is 299. The van der Waals surface area contributed by atoms with Gasteiger partial charge in [0.25, 0.3) is 0 Å². The summed E-state index contributed by atoms with van der Waals surface area (Å²) in [5.41, 5.74) is 0.459. The number of halogens is 2. The number of alkyl halides is 1. The Morgan fingerprint density at radius 3 is 2.85 bits per heavy atom. The third-order valence-corrected chi connectivity index (χ3v) is 2.24. The lowest BCUT2D eigenvalue weighted by Gasteiger charge is -1.98. The molecule has 3 heteroatoms. The Balaban J connectivity index is 2.66. The van der Waals surface area contributed by atoms with Crippen LogP contribution in [0.1, 0.15) is 23.2 Å². The summed E-state index contributed by atoms with van der Waals surface area (Å²) in [6.45, 7) is 0. The van der Waals surface area contributed by atoms with Crippen LogP contribution in [0.3, 0.4) is 0 Å². The lowest BCUT2D eigenvalue weighted by atomic mass is 10.1. The molecule has 0 saturated heterocycles. The largest absolute Gasteiger partial charge is 0.294 e. The molecule has 0 fully saturated rings. The second kappa shape index (κ2) is 5.12. The number of hydrogen-bond acceptors (Lipinski definition) is 1. The van der Waals surface area contributed by atoms with Crippen molar-refractivity contribution < 1.29 is 9.18 Å². The second-order valence-electron chi connectivity index (χ2n) is 2.73. The fraction of sp³-hybridized carbons (Fsp3) is 0.300. The molecule has 0 saturated carbocycles. The summed E-state index contributed by atoms with van der Waals surface area (Å²) in [6.07, 6.45) is 1.25. The first-order valence-corrected chi connectivity index (χ1v) is 5.21. The first-order chi connectivity index (χ1) is 6.24. The molecule has 1 nitrogen and oxygen atoms in total. The van der Waals surface area contributed by atoms with E-state index in [-0.39, 0.29) is 11.6 Å². The van der Waals surface area contributed by atoms with E-state index in [9.17, 15) is 9.18 Å². The minimum Gasteiger partial charge on any atom is -0.294 e. The number of rotatable bonds is 4. The van der Waals surface area contributed by atoms with E-state index in [0.717, 1.165) is 11.8 Å². The summed E-state index contributed by atoms with van der Waals surface area (Å²) >= 11 is 3.24. The van der Waals surface area contributed by atoms with Crippen LogP contribution in [0, 0.1) is 5.82 Å². The Kier molecular flexibility index (Phi) is 4.09. The zero-order valence-electron chi connectivity index (χ0n) is 7.09. The quantitative estimate of drug-likeness (QED) is 0.588. The first kappa shape index (κ1) is 10.4. The van der Waals surface area contributed by atoms with Crippen LogP contribution in [-0.2, 0) is 0 Å². The van der Waals surface area contributed by atoms with Crippen LogP contribution in [0.4, 0.5) is 4.39 Å². The maximum Gasteiger partial charge on any atom is 0.163 e. The van der Waals surface area contributed by atoms with E-state index >= 15 is 0 Å². The van der Waals surface area contributed by atoms with Gasteiger partial charge in [0.2, 0.25) is 0 Å². The minimum absolute atomic E-state index is 0.000972. The number of ketones is 1. The van der Waals surface area contributed by atoms with Crippen molar-refractivity contribution in [3.05, 3.63) is 35.6 Å². The molecule has 1 aromatic rings. The number of carbonyl (C=O) groups is 1. The number of Topliss-reactive ketones (excluding diaryl/α,β-unsaturated/α-hetero) is 1. The van der Waals surface area contributed by atoms with E-state index in [4.69, 9.17) is 0 Å². The van der Waals surface area contributed by atoms with E-state index < -0.39 is 0 Å². The molecule has 0 aliphatic rings. The maximum atomic E-state index is 12.7. The van der Waals surface area contributed by atoms with Crippen molar-refractivity contribution in [3.63, 3.8) is 0 Å². The normalized spacial score (nSPS) is 10.0. The van der Waals surface area contributed by atoms with Gasteiger partial charge >= 0.3 is 0 Å². The first-order valence-electron chi connectivity index (χ1n) is 4.09. The predicted molar refractivity (Wildman–Crippen MR) is 53.8 cm³/mol. The van der Waals surface area contributed by atoms with Crippen molar-refractivity contribution in [2.24, 2.45) is 0 Å². The zero-order chi connectivity index (χ0) is 9.68. The van der Waals surface area contributed by atoms with Gasteiger partial charge in [-0.3, -0.25) is 4.79 Å². The van der Waals surface area contributed by atoms with Gasteiger partial charge in [-0.25, -0.2) is 4.39 Å². The SMILES string of the molecule is O=C(CCCBr)c1cccc(F)c1. The van der Waals surface area contributed by atoms with Gasteiger partial charge in [0.05, 0.1) is 0 Å². The molecule has 0 bridgehead atoms. The molecule has 70 valence electrons. The van der Waals surface area contributed by atoms with Crippen molar-refractivity contribution in [2.45, 2.75) is 12.8 Å². The van der Waals surface area contributed by atoms with Crippen LogP contribution < -0.4 is 0 Å². The van der Waals surface area contributed by atoms with E-state index in [2.05, 4.69) is 15.9 Å². The minimum atomic E-state index is -0.357. The standard InChI is InChI=1S/C10H10BrFO/c11-6-2-5-10(13)8-3-1-4-9(12)7-8/h1,3-4,7H,2,5-6H2. The molecule has 1 rings (SSSR count). The van der Waals surface area contributed by atoms with Crippen molar-refractivity contribution in [3.8, 4) is 0 Å². The van der Waals surface area contributed by atoms with Crippen LogP contribution in [-0.4, -0.2) is 11.1 Å². The molecule has 0 amide bonds. The number of benzene rings is 1. The van der Waals surface area contributed by atoms with Crippen molar-refractivity contribution in [1.82, 2.24) is 0 Å². The zero-order valence-corrected chi connectivity index (χ0v) is 8.68. The smallest absolute Gasteiger partial charge is 0.163 e. The van der Waals surface area contributed by atoms with E-state index in [1.807, 2.05) is 0 Å². The van der Waals surface area contributed by atoms with Crippen molar-refractivity contribution in [1.29, 1.82) is 0 Å². The summed E-state index contributed by atoms with van der Waals surface area (Å²) in [4.78, 5) is 11.4. The molecule has 13 heavy (non-hydrogen) atoms. The molecule has 0 aromatic heterocycles. The highest BCUT2D eigenvalue weighted by Crippen LogP contribution is 2.08. The summed E-state index contributed by atoms with van der Waals surface area (Å²) in [5.74, 6) is -0.358. The molecule has 1 aromatic carbocycles. The van der Waals surface area contributed by atoms with Gasteiger partial charge in [0, 0.05) is 17.3 Å². The highest BCUT2D eigenvalue weighted by molar-refractivity contribution is 9.09. The van der Waals surface area contributed by atoms with Crippen molar-refractivity contribution in [2.75, 3.05) is 5.33 Å². The average molecular weight is 245 g/mol. The molecule has 0 heterocycles. The molecule has 0 atom stereocenters. The van der Waals surface area contributed by atoms with Crippen LogP contribution in [0.2, 0.25) is 0 Å². The third-order valence-electron chi connectivity index (χ3n) is 1.68. The van der Waals surface area contributed by atoms with Gasteiger partial charge in [0.1, 0.15) is 5.82 Å². The fourth-order valence-electron chi connectivity index (χ4n) is 1.03. The monoisotopic (exact) mass is 244 g/mol. The molecule has 0 aliphatic heterocycles. The Hall–Kier alpha value is -0.700. The Morgan fingerprint density at radius 1 is 1.46 bits per heavy atom. The summed E-state index contributed by atoms with van der Waals surface area (Å²) in [6, 6.07) is 5.80. The Labute approximate surface area is 85.1 Å². The molecule has 0 radical (unpaired) electrons. The number of hydrogen-bond donors (Lipinski definition) is 0. The molecule has 0 aliphatic carbocycles. The summed E-state index contributed by atoms with van der Waals surface area (Å²) in [7, 11) is 0. The van der Waals surface area contributed by atoms with Crippen LogP contribution in [0.25, 0.3) is 0 Å². The molecule has 0 N–H and O–H groups in total. The fourth-order valence-corrected chi connectivity index (χ4v) is 1.31. The van der Waals surface area contributed by atoms with Gasteiger partial charge < -0.3 is 0 Å². The number of carbonyl (C=O) groups excluding carboxylic acids is 1. The molecular weight excluding hydrogens is 235 g/mol. The Morgan fingerprint density at radius 2 is 2.23 bits per heavy atom. The van der Waals surface area contributed by atoms with Crippen LogP contribution >= 0.6 is 15.9 Å². The van der Waals surface area contributed by atoms with E-state index in [1.54, 1.807) is 12.1 Å². The van der Waals surface area contributed by atoms with E-state index in [1.165, 1.54) is 12.1 Å². The van der Waals surface area contributed by atoms with Gasteiger partial charge in [0.15, 0.2) is 5.78 Å². The van der Waals surface area contributed by atoms with Gasteiger partial charge in [-0.1, -0.05) is 28.1 Å². The second-order valence-corrected chi connectivity index (χ2v) is 3.52. The average Bonchev–Trinajstić information content (AvgIpc) is 2.14. The van der Waals surface area contributed by atoms with Gasteiger partial charge in [-0.15, -0.1) is 0 Å². The van der Waals surface area contributed by atoms with E-state index in [0.29, 0.717) is 12.0 Å². The third kappa shape index (κ3) is 3.27. The van der Waals surface area contributed by atoms with Crippen LogP contribution in [0.5, 0.6) is 0 Å². The van der Waals surface area contributed by atoms with Crippen molar-refractivity contribution >= 4 is 21.7 Å². The van der Waals surface area contributed by atoms with Gasteiger partial charge in [-0.2, -0.15) is 0 Å². The topological polar surface area (TPSA) is 17.1 Å². The van der Waals surface area contributed by atoms with Gasteiger partial charge in [-0.05, 0) is 18.6 Å². The molecule has 0 unspecified atom stereocenters.